The summed E-state index contributed by atoms with van der Waals surface area (Å²) in [6, 6.07) is 7.62. The van der Waals surface area contributed by atoms with Crippen LogP contribution in [0.3, 0.4) is 0 Å². The molecule has 0 saturated heterocycles. The van der Waals surface area contributed by atoms with E-state index in [2.05, 4.69) is 25.6 Å². The van der Waals surface area contributed by atoms with Crippen LogP contribution in [0.25, 0.3) is 10.8 Å². The minimum atomic E-state index is -0.262. The van der Waals surface area contributed by atoms with Crippen LogP contribution in [-0.4, -0.2) is 27.9 Å². The number of anilines is 2. The highest BCUT2D eigenvalue weighted by Crippen LogP contribution is 2.24. The molecule has 6 nitrogen and oxygen atoms in total. The van der Waals surface area contributed by atoms with E-state index in [-0.39, 0.29) is 5.91 Å². The lowest BCUT2D eigenvalue weighted by atomic mass is 10.1. The number of fused-ring (bicyclic) bond motifs is 1. The number of amides is 1. The van der Waals surface area contributed by atoms with Crippen LogP contribution in [0.4, 0.5) is 11.6 Å². The molecule has 0 saturated carbocycles. The van der Waals surface area contributed by atoms with Gasteiger partial charge in [-0.15, -0.1) is 0 Å². The van der Waals surface area contributed by atoms with E-state index in [0.29, 0.717) is 11.4 Å². The molecule has 2 heterocycles. The Kier molecular flexibility index (Phi) is 3.42. The Labute approximate surface area is 121 Å². The number of carbonyl (C=O) groups excluding carboxylic acids is 1. The van der Waals surface area contributed by atoms with E-state index in [0.717, 1.165) is 16.6 Å². The average Bonchev–Trinajstić information content (AvgIpc) is 2.54. The topological polar surface area (TPSA) is 79.8 Å². The molecular weight excluding hydrogens is 266 g/mol. The van der Waals surface area contributed by atoms with Crippen LogP contribution in [0.5, 0.6) is 0 Å². The minimum Gasteiger partial charge on any atom is -0.373 e. The standard InChI is InChI=1S/C15H13N5O/c1-16-14-11-5-3-2-4-10(11)12(8-19-14)15(21)20-13-9-17-6-7-18-13/h2-9H,1H3,(H,16,19)(H,18,20,21). The van der Waals surface area contributed by atoms with Crippen LogP contribution in [0, 0.1) is 0 Å². The smallest absolute Gasteiger partial charge is 0.259 e. The number of rotatable bonds is 3. The summed E-state index contributed by atoms with van der Waals surface area (Å²) in [6.07, 6.45) is 6.12. The molecule has 0 fully saturated rings. The van der Waals surface area contributed by atoms with Gasteiger partial charge in [0.25, 0.3) is 5.91 Å². The Bertz CT molecular complexity index is 788. The molecule has 3 aromatic rings. The van der Waals surface area contributed by atoms with E-state index in [1.54, 1.807) is 19.4 Å². The van der Waals surface area contributed by atoms with Gasteiger partial charge in [0.2, 0.25) is 0 Å². The predicted molar refractivity (Wildman–Crippen MR) is 81.3 cm³/mol. The van der Waals surface area contributed by atoms with Gasteiger partial charge in [0.05, 0.1) is 11.8 Å². The summed E-state index contributed by atoms with van der Waals surface area (Å²) in [5.74, 6) is 0.882. The number of hydrogen-bond acceptors (Lipinski definition) is 5. The molecule has 6 heteroatoms. The molecule has 104 valence electrons. The maximum Gasteiger partial charge on any atom is 0.259 e. The second-order valence-corrected chi connectivity index (χ2v) is 4.36. The van der Waals surface area contributed by atoms with Gasteiger partial charge >= 0.3 is 0 Å². The first-order chi connectivity index (χ1) is 10.3. The van der Waals surface area contributed by atoms with Gasteiger partial charge in [-0.05, 0) is 5.39 Å². The van der Waals surface area contributed by atoms with Crippen LogP contribution >= 0.6 is 0 Å². The highest BCUT2D eigenvalue weighted by Gasteiger charge is 2.13. The number of carbonyl (C=O) groups is 1. The quantitative estimate of drug-likeness (QED) is 0.769. The number of benzene rings is 1. The van der Waals surface area contributed by atoms with Gasteiger partial charge in [-0.3, -0.25) is 9.78 Å². The fourth-order valence-electron chi connectivity index (χ4n) is 2.12. The molecule has 0 spiro atoms. The van der Waals surface area contributed by atoms with Crippen molar-refractivity contribution in [1.82, 2.24) is 15.0 Å². The number of aromatic nitrogens is 3. The Balaban J connectivity index is 2.03. The molecule has 1 amide bonds. The van der Waals surface area contributed by atoms with Crippen LogP contribution in [0.15, 0.2) is 49.1 Å². The summed E-state index contributed by atoms with van der Waals surface area (Å²) in [5.41, 5.74) is 0.496. The maximum atomic E-state index is 12.4. The Morgan fingerprint density at radius 3 is 2.57 bits per heavy atom. The summed E-state index contributed by atoms with van der Waals surface area (Å²) in [6.45, 7) is 0. The lowest BCUT2D eigenvalue weighted by Gasteiger charge is -2.10. The van der Waals surface area contributed by atoms with Crippen LogP contribution in [-0.2, 0) is 0 Å². The van der Waals surface area contributed by atoms with Gasteiger partial charge < -0.3 is 10.6 Å². The van der Waals surface area contributed by atoms with Crippen LogP contribution in [0.1, 0.15) is 10.4 Å². The van der Waals surface area contributed by atoms with E-state index in [1.165, 1.54) is 12.4 Å². The van der Waals surface area contributed by atoms with Crippen LogP contribution in [0.2, 0.25) is 0 Å². The third kappa shape index (κ3) is 2.51. The van der Waals surface area contributed by atoms with Crippen molar-refractivity contribution in [2.24, 2.45) is 0 Å². The van der Waals surface area contributed by atoms with Crippen molar-refractivity contribution in [2.45, 2.75) is 0 Å². The molecule has 1 aromatic carbocycles. The molecule has 0 unspecified atom stereocenters. The lowest BCUT2D eigenvalue weighted by molar-refractivity contribution is 0.102. The lowest BCUT2D eigenvalue weighted by Crippen LogP contribution is -2.14. The molecule has 0 bridgehead atoms. The monoisotopic (exact) mass is 279 g/mol. The van der Waals surface area contributed by atoms with Crippen molar-refractivity contribution in [3.05, 3.63) is 54.6 Å². The average molecular weight is 279 g/mol. The molecule has 2 N–H and O–H groups in total. The fourth-order valence-corrected chi connectivity index (χ4v) is 2.12. The third-order valence-electron chi connectivity index (χ3n) is 3.08. The zero-order chi connectivity index (χ0) is 14.7. The van der Waals surface area contributed by atoms with E-state index < -0.39 is 0 Å². The van der Waals surface area contributed by atoms with E-state index in [1.807, 2.05) is 24.3 Å². The Morgan fingerprint density at radius 1 is 1.05 bits per heavy atom. The van der Waals surface area contributed by atoms with E-state index in [4.69, 9.17) is 0 Å². The summed E-state index contributed by atoms with van der Waals surface area (Å²) < 4.78 is 0. The van der Waals surface area contributed by atoms with E-state index >= 15 is 0 Å². The van der Waals surface area contributed by atoms with Crippen molar-refractivity contribution in [1.29, 1.82) is 0 Å². The van der Waals surface area contributed by atoms with Gasteiger partial charge in [0.1, 0.15) is 5.82 Å². The normalized spacial score (nSPS) is 10.3. The largest absolute Gasteiger partial charge is 0.373 e. The minimum absolute atomic E-state index is 0.262. The van der Waals surface area contributed by atoms with Crippen molar-refractivity contribution in [3.8, 4) is 0 Å². The van der Waals surface area contributed by atoms with Crippen molar-refractivity contribution in [2.75, 3.05) is 17.7 Å². The zero-order valence-corrected chi connectivity index (χ0v) is 11.4. The molecule has 0 radical (unpaired) electrons. The number of nitrogens with zero attached hydrogens (tertiary/aromatic N) is 3. The first kappa shape index (κ1) is 13.0. The molecule has 0 aliphatic carbocycles. The molecule has 3 rings (SSSR count). The number of pyridine rings is 1. The maximum absolute atomic E-state index is 12.4. The van der Waals surface area contributed by atoms with Gasteiger partial charge in [0, 0.05) is 31.0 Å². The van der Waals surface area contributed by atoms with Gasteiger partial charge in [0.15, 0.2) is 5.82 Å². The third-order valence-corrected chi connectivity index (χ3v) is 3.08. The molecule has 21 heavy (non-hydrogen) atoms. The summed E-state index contributed by atoms with van der Waals surface area (Å²) in [4.78, 5) is 24.6. The zero-order valence-electron chi connectivity index (χ0n) is 11.4. The number of hydrogen-bond donors (Lipinski definition) is 2. The fraction of sp³-hybridized carbons (Fsp3) is 0.0667. The van der Waals surface area contributed by atoms with Crippen molar-refractivity contribution < 1.29 is 4.79 Å². The summed E-state index contributed by atoms with van der Waals surface area (Å²) >= 11 is 0. The van der Waals surface area contributed by atoms with Crippen LogP contribution < -0.4 is 10.6 Å². The summed E-state index contributed by atoms with van der Waals surface area (Å²) in [7, 11) is 1.80. The molecule has 2 aromatic heterocycles. The molecule has 0 aliphatic rings. The second kappa shape index (κ2) is 5.54. The first-order valence-corrected chi connectivity index (χ1v) is 6.42. The van der Waals surface area contributed by atoms with Crippen molar-refractivity contribution >= 4 is 28.3 Å². The Hall–Kier alpha value is -3.02. The Morgan fingerprint density at radius 2 is 1.86 bits per heavy atom. The molecular formula is C15H13N5O. The summed E-state index contributed by atoms with van der Waals surface area (Å²) in [5, 5.41) is 7.46. The van der Waals surface area contributed by atoms with Gasteiger partial charge in [-0.25, -0.2) is 9.97 Å². The second-order valence-electron chi connectivity index (χ2n) is 4.36. The highest BCUT2D eigenvalue weighted by atomic mass is 16.1. The first-order valence-electron chi connectivity index (χ1n) is 6.42. The van der Waals surface area contributed by atoms with Gasteiger partial charge in [-0.2, -0.15) is 0 Å². The van der Waals surface area contributed by atoms with Gasteiger partial charge in [-0.1, -0.05) is 24.3 Å². The van der Waals surface area contributed by atoms with Crippen molar-refractivity contribution in [3.63, 3.8) is 0 Å². The highest BCUT2D eigenvalue weighted by molar-refractivity contribution is 6.13. The predicted octanol–water partition coefficient (Wildman–Crippen LogP) is 2.32. The number of nitrogens with one attached hydrogen (secondary N) is 2. The van der Waals surface area contributed by atoms with E-state index in [9.17, 15) is 4.79 Å². The SMILES string of the molecule is CNc1ncc(C(=O)Nc2cnccn2)c2ccccc12. The molecule has 0 aliphatic heterocycles. The molecule has 0 atom stereocenters.